The van der Waals surface area contributed by atoms with Crippen LogP contribution in [0, 0.1) is 17.0 Å². The third-order valence-corrected chi connectivity index (χ3v) is 2.96. The molecule has 0 unspecified atom stereocenters. The second-order valence-electron chi connectivity index (χ2n) is 4.43. The zero-order chi connectivity index (χ0) is 13.7. The van der Waals surface area contributed by atoms with Gasteiger partial charge in [-0.2, -0.15) is 0 Å². The number of nitro benzene ring substituents is 1. The summed E-state index contributed by atoms with van der Waals surface area (Å²) in [5, 5.41) is 14.1. The Kier molecular flexibility index (Phi) is 6.00. The minimum absolute atomic E-state index is 0. The zero-order valence-corrected chi connectivity index (χ0v) is 12.0. The van der Waals surface area contributed by atoms with E-state index in [1.807, 2.05) is 37.3 Å². The van der Waals surface area contributed by atoms with Crippen LogP contribution in [0.1, 0.15) is 11.1 Å². The van der Waals surface area contributed by atoms with Gasteiger partial charge in [0, 0.05) is 23.9 Å². The molecule has 20 heavy (non-hydrogen) atoms. The Morgan fingerprint density at radius 1 is 1.10 bits per heavy atom. The van der Waals surface area contributed by atoms with Gasteiger partial charge in [-0.05, 0) is 25.5 Å². The lowest BCUT2D eigenvalue weighted by atomic mass is 10.1. The lowest BCUT2D eigenvalue weighted by Gasteiger charge is -2.07. The van der Waals surface area contributed by atoms with Crippen molar-refractivity contribution in [2.24, 2.45) is 0 Å². The summed E-state index contributed by atoms with van der Waals surface area (Å²) in [7, 11) is 0. The van der Waals surface area contributed by atoms with E-state index in [1.165, 1.54) is 5.56 Å². The van der Waals surface area contributed by atoms with Gasteiger partial charge in [0.2, 0.25) is 0 Å². The molecule has 0 spiro atoms. The highest BCUT2D eigenvalue weighted by Crippen LogP contribution is 2.18. The van der Waals surface area contributed by atoms with Crippen molar-refractivity contribution in [3.8, 4) is 0 Å². The van der Waals surface area contributed by atoms with Gasteiger partial charge in [-0.15, -0.1) is 12.4 Å². The summed E-state index contributed by atoms with van der Waals surface area (Å²) in [6.45, 7) is 2.71. The Bertz CT molecular complexity index is 570. The first-order chi connectivity index (χ1) is 9.16. The van der Waals surface area contributed by atoms with E-state index >= 15 is 0 Å². The largest absolute Gasteiger partial charge is 0.385 e. The highest BCUT2D eigenvalue weighted by molar-refractivity contribution is 5.85. The van der Waals surface area contributed by atoms with E-state index in [0.717, 1.165) is 11.3 Å². The van der Waals surface area contributed by atoms with Crippen LogP contribution < -0.4 is 5.32 Å². The van der Waals surface area contributed by atoms with Crippen LogP contribution in [0.5, 0.6) is 0 Å². The Hall–Kier alpha value is -2.07. The number of hydrogen-bond acceptors (Lipinski definition) is 3. The van der Waals surface area contributed by atoms with E-state index < -0.39 is 0 Å². The molecule has 5 heteroatoms. The molecule has 2 aromatic rings. The maximum absolute atomic E-state index is 10.9. The number of nitrogens with one attached hydrogen (secondary N) is 1. The van der Waals surface area contributed by atoms with Crippen molar-refractivity contribution >= 4 is 23.8 Å². The van der Waals surface area contributed by atoms with Crippen molar-refractivity contribution in [3.63, 3.8) is 0 Å². The number of nitro groups is 1. The van der Waals surface area contributed by atoms with Gasteiger partial charge >= 0.3 is 0 Å². The van der Waals surface area contributed by atoms with E-state index in [-0.39, 0.29) is 23.0 Å². The van der Waals surface area contributed by atoms with Crippen molar-refractivity contribution < 1.29 is 4.92 Å². The average molecular weight is 293 g/mol. The Labute approximate surface area is 124 Å². The summed E-state index contributed by atoms with van der Waals surface area (Å²) in [6, 6.07) is 14.9. The number of para-hydroxylation sites is 1. The lowest BCUT2D eigenvalue weighted by Crippen LogP contribution is -2.06. The number of rotatable bonds is 5. The zero-order valence-electron chi connectivity index (χ0n) is 11.2. The van der Waals surface area contributed by atoms with Crippen LogP contribution in [0.25, 0.3) is 0 Å². The molecule has 106 valence electrons. The van der Waals surface area contributed by atoms with Gasteiger partial charge in [-0.25, -0.2) is 0 Å². The van der Waals surface area contributed by atoms with Gasteiger partial charge < -0.3 is 5.32 Å². The van der Waals surface area contributed by atoms with Gasteiger partial charge in [0.25, 0.3) is 5.69 Å². The predicted molar refractivity (Wildman–Crippen MR) is 83.7 cm³/mol. The molecular formula is C15H17ClN2O2. The Morgan fingerprint density at radius 2 is 1.75 bits per heavy atom. The molecule has 0 aliphatic carbocycles. The molecule has 0 aliphatic heterocycles. The molecule has 0 atom stereocenters. The normalized spacial score (nSPS) is 9.65. The van der Waals surface area contributed by atoms with E-state index in [9.17, 15) is 10.1 Å². The highest BCUT2D eigenvalue weighted by atomic mass is 35.5. The number of halogens is 1. The molecule has 0 aromatic heterocycles. The van der Waals surface area contributed by atoms with Crippen molar-refractivity contribution in [2.75, 3.05) is 11.9 Å². The van der Waals surface area contributed by atoms with Gasteiger partial charge in [0.05, 0.1) is 4.92 Å². The summed E-state index contributed by atoms with van der Waals surface area (Å²) >= 11 is 0. The molecule has 0 saturated carbocycles. The second kappa shape index (κ2) is 7.50. The number of nitrogens with zero attached hydrogens (tertiary/aromatic N) is 1. The van der Waals surface area contributed by atoms with E-state index in [0.29, 0.717) is 13.0 Å². The molecule has 0 saturated heterocycles. The molecule has 0 heterocycles. The molecule has 0 aliphatic rings. The minimum atomic E-state index is -0.332. The monoisotopic (exact) mass is 292 g/mol. The van der Waals surface area contributed by atoms with Crippen LogP contribution >= 0.6 is 12.4 Å². The van der Waals surface area contributed by atoms with Crippen molar-refractivity contribution in [2.45, 2.75) is 13.3 Å². The average Bonchev–Trinajstić information content (AvgIpc) is 2.41. The molecule has 2 aromatic carbocycles. The van der Waals surface area contributed by atoms with Crippen molar-refractivity contribution in [1.29, 1.82) is 0 Å². The summed E-state index contributed by atoms with van der Waals surface area (Å²) in [4.78, 5) is 10.5. The maximum atomic E-state index is 10.9. The SMILES string of the molecule is Cc1ccc(NCCc2ccccc2[N+](=O)[O-])cc1.Cl. The van der Waals surface area contributed by atoms with Crippen LogP contribution in [0.15, 0.2) is 48.5 Å². The fraction of sp³-hybridized carbons (Fsp3) is 0.200. The number of benzene rings is 2. The summed E-state index contributed by atoms with van der Waals surface area (Å²) in [5.41, 5.74) is 3.19. The summed E-state index contributed by atoms with van der Waals surface area (Å²) < 4.78 is 0. The smallest absolute Gasteiger partial charge is 0.272 e. The molecule has 0 amide bonds. The summed E-state index contributed by atoms with van der Waals surface area (Å²) in [6.07, 6.45) is 0.630. The molecular weight excluding hydrogens is 276 g/mol. The van der Waals surface area contributed by atoms with Gasteiger partial charge in [-0.3, -0.25) is 10.1 Å². The van der Waals surface area contributed by atoms with Crippen LogP contribution in [-0.2, 0) is 6.42 Å². The highest BCUT2D eigenvalue weighted by Gasteiger charge is 2.11. The predicted octanol–water partition coefficient (Wildman–Crippen LogP) is 3.98. The molecule has 0 radical (unpaired) electrons. The van der Waals surface area contributed by atoms with Gasteiger partial charge in [0.15, 0.2) is 0 Å². The molecule has 2 rings (SSSR count). The van der Waals surface area contributed by atoms with Crippen LogP contribution in [0.4, 0.5) is 11.4 Å². The first-order valence-electron chi connectivity index (χ1n) is 6.19. The fourth-order valence-electron chi connectivity index (χ4n) is 1.91. The van der Waals surface area contributed by atoms with E-state index in [2.05, 4.69) is 5.32 Å². The molecule has 0 bridgehead atoms. The quantitative estimate of drug-likeness (QED) is 0.670. The van der Waals surface area contributed by atoms with Crippen molar-refractivity contribution in [3.05, 3.63) is 69.8 Å². The van der Waals surface area contributed by atoms with E-state index in [1.54, 1.807) is 18.2 Å². The van der Waals surface area contributed by atoms with Crippen LogP contribution in [-0.4, -0.2) is 11.5 Å². The van der Waals surface area contributed by atoms with E-state index in [4.69, 9.17) is 0 Å². The van der Waals surface area contributed by atoms with Gasteiger partial charge in [-0.1, -0.05) is 35.9 Å². The third kappa shape index (κ3) is 4.24. The third-order valence-electron chi connectivity index (χ3n) is 2.96. The van der Waals surface area contributed by atoms with Crippen LogP contribution in [0.2, 0.25) is 0 Å². The first kappa shape index (κ1) is 16.0. The van der Waals surface area contributed by atoms with Crippen LogP contribution in [0.3, 0.4) is 0 Å². The minimum Gasteiger partial charge on any atom is -0.385 e. The van der Waals surface area contributed by atoms with Crippen molar-refractivity contribution in [1.82, 2.24) is 0 Å². The maximum Gasteiger partial charge on any atom is 0.272 e. The number of hydrogen-bond donors (Lipinski definition) is 1. The molecule has 4 nitrogen and oxygen atoms in total. The standard InChI is InChI=1S/C15H16N2O2.ClH/c1-12-6-8-14(9-7-12)16-11-10-13-4-2-3-5-15(13)17(18)19;/h2-9,16H,10-11H2,1H3;1H. The number of anilines is 1. The summed E-state index contributed by atoms with van der Waals surface area (Å²) in [5.74, 6) is 0. The number of aryl methyl sites for hydroxylation is 1. The topological polar surface area (TPSA) is 55.2 Å². The van der Waals surface area contributed by atoms with Gasteiger partial charge in [0.1, 0.15) is 0 Å². The second-order valence-corrected chi connectivity index (χ2v) is 4.43. The molecule has 0 fully saturated rings. The lowest BCUT2D eigenvalue weighted by molar-refractivity contribution is -0.385. The Morgan fingerprint density at radius 3 is 2.40 bits per heavy atom. The Balaban J connectivity index is 0.00000200. The molecule has 1 N–H and O–H groups in total. The first-order valence-corrected chi connectivity index (χ1v) is 6.19. The fourth-order valence-corrected chi connectivity index (χ4v) is 1.91.